The SMILES string of the molecule is CCCC(Oc1cc2c(cc1CNCC)OCO2)C(=O)O. The van der Waals surface area contributed by atoms with Gasteiger partial charge in [-0.3, -0.25) is 0 Å². The molecule has 0 saturated carbocycles. The summed E-state index contributed by atoms with van der Waals surface area (Å²) in [5.74, 6) is 0.827. The Balaban J connectivity index is 2.24. The van der Waals surface area contributed by atoms with E-state index in [1.54, 1.807) is 6.07 Å². The van der Waals surface area contributed by atoms with Crippen LogP contribution in [0.25, 0.3) is 0 Å². The van der Waals surface area contributed by atoms with E-state index in [0.29, 0.717) is 30.2 Å². The number of hydrogen-bond donors (Lipinski definition) is 2. The predicted octanol–water partition coefficient (Wildman–Crippen LogP) is 2.16. The fourth-order valence-electron chi connectivity index (χ4n) is 2.12. The van der Waals surface area contributed by atoms with Gasteiger partial charge in [0, 0.05) is 18.2 Å². The van der Waals surface area contributed by atoms with Crippen LogP contribution in [0.4, 0.5) is 0 Å². The molecule has 2 rings (SSSR count). The third-order valence-electron chi connectivity index (χ3n) is 3.22. The first-order valence-electron chi connectivity index (χ1n) is 7.18. The van der Waals surface area contributed by atoms with Crippen molar-refractivity contribution in [3.63, 3.8) is 0 Å². The lowest BCUT2D eigenvalue weighted by Gasteiger charge is -2.18. The zero-order chi connectivity index (χ0) is 15.2. The van der Waals surface area contributed by atoms with Crippen molar-refractivity contribution in [1.82, 2.24) is 5.32 Å². The average Bonchev–Trinajstić information content (AvgIpc) is 2.91. The second kappa shape index (κ2) is 7.17. The molecule has 0 fully saturated rings. The van der Waals surface area contributed by atoms with E-state index in [0.717, 1.165) is 18.5 Å². The zero-order valence-electron chi connectivity index (χ0n) is 12.3. The van der Waals surface area contributed by atoms with Crippen molar-refractivity contribution in [3.05, 3.63) is 17.7 Å². The summed E-state index contributed by atoms with van der Waals surface area (Å²) in [6, 6.07) is 3.55. The van der Waals surface area contributed by atoms with Crippen LogP contribution in [0.2, 0.25) is 0 Å². The number of benzene rings is 1. The third-order valence-corrected chi connectivity index (χ3v) is 3.22. The zero-order valence-corrected chi connectivity index (χ0v) is 12.3. The van der Waals surface area contributed by atoms with Gasteiger partial charge in [-0.1, -0.05) is 20.3 Å². The monoisotopic (exact) mass is 295 g/mol. The fraction of sp³-hybridized carbons (Fsp3) is 0.533. The standard InChI is InChI=1S/C15H21NO5/c1-3-5-11(15(17)18)21-12-7-14-13(19-9-20-14)6-10(12)8-16-4-2/h6-7,11,16H,3-5,8-9H2,1-2H3,(H,17,18). The molecule has 0 radical (unpaired) electrons. The number of nitrogens with one attached hydrogen (secondary N) is 1. The first kappa shape index (κ1) is 15.4. The quantitative estimate of drug-likeness (QED) is 0.765. The number of carboxylic acids is 1. The van der Waals surface area contributed by atoms with Crippen LogP contribution >= 0.6 is 0 Å². The second-order valence-electron chi connectivity index (χ2n) is 4.83. The predicted molar refractivity (Wildman–Crippen MR) is 76.9 cm³/mol. The minimum absolute atomic E-state index is 0.177. The smallest absolute Gasteiger partial charge is 0.344 e. The largest absolute Gasteiger partial charge is 0.479 e. The van der Waals surface area contributed by atoms with Crippen molar-refractivity contribution in [2.75, 3.05) is 13.3 Å². The first-order chi connectivity index (χ1) is 10.2. The van der Waals surface area contributed by atoms with Crippen molar-refractivity contribution in [3.8, 4) is 17.2 Å². The van der Waals surface area contributed by atoms with Crippen LogP contribution in [0, 0.1) is 0 Å². The van der Waals surface area contributed by atoms with Crippen molar-refractivity contribution in [2.45, 2.75) is 39.3 Å². The Morgan fingerprint density at radius 2 is 2.10 bits per heavy atom. The van der Waals surface area contributed by atoms with Gasteiger partial charge in [-0.05, 0) is 19.0 Å². The topological polar surface area (TPSA) is 77.0 Å². The van der Waals surface area contributed by atoms with Gasteiger partial charge in [0.25, 0.3) is 0 Å². The minimum Gasteiger partial charge on any atom is -0.479 e. The van der Waals surface area contributed by atoms with E-state index in [4.69, 9.17) is 14.2 Å². The van der Waals surface area contributed by atoms with Crippen LogP contribution < -0.4 is 19.5 Å². The summed E-state index contributed by atoms with van der Waals surface area (Å²) in [6.45, 7) is 5.51. The molecule has 1 aliphatic rings. The Morgan fingerprint density at radius 1 is 1.38 bits per heavy atom. The minimum atomic E-state index is -0.955. The molecule has 116 valence electrons. The van der Waals surface area contributed by atoms with E-state index in [1.165, 1.54) is 0 Å². The van der Waals surface area contributed by atoms with Gasteiger partial charge in [0.1, 0.15) is 5.75 Å². The maximum atomic E-state index is 11.3. The van der Waals surface area contributed by atoms with Gasteiger partial charge in [-0.2, -0.15) is 0 Å². The van der Waals surface area contributed by atoms with E-state index >= 15 is 0 Å². The molecule has 6 nitrogen and oxygen atoms in total. The maximum absolute atomic E-state index is 11.3. The Kier molecular flexibility index (Phi) is 5.27. The summed E-state index contributed by atoms with van der Waals surface area (Å²) in [7, 11) is 0. The third kappa shape index (κ3) is 3.78. The van der Waals surface area contributed by atoms with Crippen LogP contribution in [-0.4, -0.2) is 30.5 Å². The van der Waals surface area contributed by atoms with E-state index < -0.39 is 12.1 Å². The summed E-state index contributed by atoms with van der Waals surface area (Å²) >= 11 is 0. The van der Waals surface area contributed by atoms with Gasteiger partial charge in [0.15, 0.2) is 17.6 Å². The summed E-state index contributed by atoms with van der Waals surface area (Å²) in [4.78, 5) is 11.3. The lowest BCUT2D eigenvalue weighted by Crippen LogP contribution is -2.27. The molecule has 1 aliphatic heterocycles. The van der Waals surface area contributed by atoms with Crippen molar-refractivity contribution in [2.24, 2.45) is 0 Å². The van der Waals surface area contributed by atoms with Crippen molar-refractivity contribution >= 4 is 5.97 Å². The lowest BCUT2D eigenvalue weighted by molar-refractivity contribution is -0.145. The number of fused-ring (bicyclic) bond motifs is 1. The van der Waals surface area contributed by atoms with Gasteiger partial charge in [0.2, 0.25) is 6.79 Å². The second-order valence-corrected chi connectivity index (χ2v) is 4.83. The molecule has 0 amide bonds. The molecule has 1 aromatic rings. The Morgan fingerprint density at radius 3 is 2.71 bits per heavy atom. The number of aliphatic carboxylic acids is 1. The van der Waals surface area contributed by atoms with Gasteiger partial charge >= 0.3 is 5.97 Å². The number of hydrogen-bond acceptors (Lipinski definition) is 5. The van der Waals surface area contributed by atoms with Crippen molar-refractivity contribution in [1.29, 1.82) is 0 Å². The summed E-state index contributed by atoms with van der Waals surface area (Å²) in [6.07, 6.45) is 0.352. The highest BCUT2D eigenvalue weighted by Gasteiger charge is 2.23. The van der Waals surface area contributed by atoms with Gasteiger partial charge in [-0.15, -0.1) is 0 Å². The van der Waals surface area contributed by atoms with E-state index in [2.05, 4.69) is 5.32 Å². The maximum Gasteiger partial charge on any atom is 0.344 e. The van der Waals surface area contributed by atoms with Gasteiger partial charge in [-0.25, -0.2) is 4.79 Å². The molecule has 0 aromatic heterocycles. The van der Waals surface area contributed by atoms with Crippen LogP contribution in [0.3, 0.4) is 0 Å². The van der Waals surface area contributed by atoms with Crippen LogP contribution in [0.5, 0.6) is 17.2 Å². The van der Waals surface area contributed by atoms with Crippen LogP contribution in [0.1, 0.15) is 32.3 Å². The number of rotatable bonds is 8. The summed E-state index contributed by atoms with van der Waals surface area (Å²) in [5, 5.41) is 12.4. The summed E-state index contributed by atoms with van der Waals surface area (Å²) < 4.78 is 16.4. The van der Waals surface area contributed by atoms with Crippen LogP contribution in [-0.2, 0) is 11.3 Å². The molecule has 0 spiro atoms. The first-order valence-corrected chi connectivity index (χ1v) is 7.18. The molecular formula is C15H21NO5. The van der Waals surface area contributed by atoms with E-state index in [-0.39, 0.29) is 6.79 Å². The molecule has 0 aliphatic carbocycles. The lowest BCUT2D eigenvalue weighted by atomic mass is 10.1. The van der Waals surface area contributed by atoms with Gasteiger partial charge in [0.05, 0.1) is 0 Å². The molecule has 21 heavy (non-hydrogen) atoms. The highest BCUT2D eigenvalue weighted by atomic mass is 16.7. The number of carboxylic acid groups (broad SMARTS) is 1. The number of carbonyl (C=O) groups is 1. The molecule has 1 atom stereocenters. The van der Waals surface area contributed by atoms with Gasteiger partial charge < -0.3 is 24.6 Å². The van der Waals surface area contributed by atoms with Crippen molar-refractivity contribution < 1.29 is 24.1 Å². The molecule has 0 bridgehead atoms. The summed E-state index contributed by atoms with van der Waals surface area (Å²) in [5.41, 5.74) is 0.864. The highest BCUT2D eigenvalue weighted by Crippen LogP contribution is 2.38. The Hall–Kier alpha value is -1.95. The molecule has 0 saturated heterocycles. The molecule has 6 heteroatoms. The number of ether oxygens (including phenoxy) is 3. The Labute approximate surface area is 124 Å². The van der Waals surface area contributed by atoms with E-state index in [9.17, 15) is 9.90 Å². The normalized spacial score (nSPS) is 14.0. The molecule has 2 N–H and O–H groups in total. The van der Waals surface area contributed by atoms with Crippen LogP contribution in [0.15, 0.2) is 12.1 Å². The molecular weight excluding hydrogens is 274 g/mol. The fourth-order valence-corrected chi connectivity index (χ4v) is 2.12. The van der Waals surface area contributed by atoms with E-state index in [1.807, 2.05) is 19.9 Å². The Bertz CT molecular complexity index is 503. The highest BCUT2D eigenvalue weighted by molar-refractivity contribution is 5.73. The molecule has 1 heterocycles. The molecule has 1 unspecified atom stereocenters. The molecule has 1 aromatic carbocycles. The average molecular weight is 295 g/mol.